The van der Waals surface area contributed by atoms with Crippen LogP contribution in [-0.2, 0) is 4.79 Å². The Morgan fingerprint density at radius 3 is 2.48 bits per heavy atom. The van der Waals surface area contributed by atoms with Gasteiger partial charge in [-0.3, -0.25) is 4.79 Å². The molecule has 31 heavy (non-hydrogen) atoms. The Morgan fingerprint density at radius 1 is 1.16 bits per heavy atom. The van der Waals surface area contributed by atoms with Crippen molar-refractivity contribution in [3.63, 3.8) is 0 Å². The molecule has 1 aliphatic heterocycles. The number of carbonyl (C=O) groups is 2. The van der Waals surface area contributed by atoms with Gasteiger partial charge in [-0.2, -0.15) is 0 Å². The second kappa shape index (κ2) is 7.75. The van der Waals surface area contributed by atoms with E-state index in [9.17, 15) is 23.5 Å². The molecule has 4 rings (SSSR count). The SMILES string of the molecule is COc1cccc(C2CC(=O)Nc3c(C(=O)O)cn(-c4cc(F)cc(F)c4)c32)c1OC. The summed E-state index contributed by atoms with van der Waals surface area (Å²) in [7, 11) is 2.93. The molecule has 0 saturated carbocycles. The number of aromatic nitrogens is 1. The number of carboxylic acids is 1. The highest BCUT2D eigenvalue weighted by Crippen LogP contribution is 2.46. The van der Waals surface area contributed by atoms with E-state index in [0.717, 1.165) is 18.2 Å². The summed E-state index contributed by atoms with van der Waals surface area (Å²) < 4.78 is 40.1. The molecule has 7 nitrogen and oxygen atoms in total. The molecular formula is C22H18F2N2O5. The van der Waals surface area contributed by atoms with Gasteiger partial charge < -0.3 is 24.5 Å². The highest BCUT2D eigenvalue weighted by molar-refractivity contribution is 6.04. The van der Waals surface area contributed by atoms with Crippen LogP contribution in [0.1, 0.15) is 34.0 Å². The number of methoxy groups -OCH3 is 2. The van der Waals surface area contributed by atoms with Crippen LogP contribution in [0.3, 0.4) is 0 Å². The maximum Gasteiger partial charge on any atom is 0.339 e. The van der Waals surface area contributed by atoms with Gasteiger partial charge in [0.2, 0.25) is 5.91 Å². The van der Waals surface area contributed by atoms with Gasteiger partial charge >= 0.3 is 5.97 Å². The maximum atomic E-state index is 13.9. The molecule has 0 bridgehead atoms. The van der Waals surface area contributed by atoms with Crippen molar-refractivity contribution < 1.29 is 33.0 Å². The van der Waals surface area contributed by atoms with Gasteiger partial charge in [-0.1, -0.05) is 12.1 Å². The van der Waals surface area contributed by atoms with Gasteiger partial charge in [0.25, 0.3) is 0 Å². The lowest BCUT2D eigenvalue weighted by Gasteiger charge is -2.27. The standard InChI is InChI=1S/C22H18F2N2O5/c1-30-17-5-3-4-14(21(17)31-2)15-9-18(27)25-19-16(22(28)29)10-26(20(15)19)13-7-11(23)6-12(24)8-13/h3-8,10,15H,9H2,1-2H3,(H,25,27)(H,28,29). The molecule has 1 amide bonds. The quantitative estimate of drug-likeness (QED) is 0.643. The first-order chi connectivity index (χ1) is 14.8. The highest BCUT2D eigenvalue weighted by atomic mass is 19.1. The lowest BCUT2D eigenvalue weighted by molar-refractivity contribution is -0.116. The van der Waals surface area contributed by atoms with E-state index in [1.54, 1.807) is 18.2 Å². The van der Waals surface area contributed by atoms with Gasteiger partial charge in [-0.15, -0.1) is 0 Å². The lowest BCUT2D eigenvalue weighted by Crippen LogP contribution is -2.26. The van der Waals surface area contributed by atoms with Crippen LogP contribution in [0.2, 0.25) is 0 Å². The number of halogens is 2. The van der Waals surface area contributed by atoms with Crippen molar-refractivity contribution in [1.29, 1.82) is 0 Å². The fraction of sp³-hybridized carbons (Fsp3) is 0.182. The zero-order valence-corrected chi connectivity index (χ0v) is 16.6. The molecular weight excluding hydrogens is 410 g/mol. The van der Waals surface area contributed by atoms with E-state index in [4.69, 9.17) is 9.47 Å². The predicted molar refractivity (Wildman–Crippen MR) is 107 cm³/mol. The molecule has 0 radical (unpaired) electrons. The summed E-state index contributed by atoms with van der Waals surface area (Å²) in [4.78, 5) is 24.4. The first-order valence-corrected chi connectivity index (χ1v) is 9.29. The Morgan fingerprint density at radius 2 is 1.87 bits per heavy atom. The topological polar surface area (TPSA) is 89.8 Å². The summed E-state index contributed by atoms with van der Waals surface area (Å²) in [6, 6.07) is 8.04. The van der Waals surface area contributed by atoms with Gasteiger partial charge in [-0.25, -0.2) is 13.6 Å². The minimum Gasteiger partial charge on any atom is -0.493 e. The summed E-state index contributed by atoms with van der Waals surface area (Å²) in [6.45, 7) is 0. The number of hydrogen-bond acceptors (Lipinski definition) is 4. The Bertz CT molecular complexity index is 1180. The van der Waals surface area contributed by atoms with E-state index in [-0.39, 0.29) is 23.4 Å². The smallest absolute Gasteiger partial charge is 0.339 e. The molecule has 2 aromatic carbocycles. The second-order valence-corrected chi connectivity index (χ2v) is 6.99. The molecule has 1 unspecified atom stereocenters. The minimum atomic E-state index is -1.29. The summed E-state index contributed by atoms with van der Waals surface area (Å²) >= 11 is 0. The molecule has 0 spiro atoms. The average Bonchev–Trinajstić information content (AvgIpc) is 3.11. The highest BCUT2D eigenvalue weighted by Gasteiger charge is 2.36. The van der Waals surface area contributed by atoms with Crippen LogP contribution in [0, 0.1) is 11.6 Å². The van der Waals surface area contributed by atoms with Crippen LogP contribution < -0.4 is 14.8 Å². The Balaban J connectivity index is 2.02. The summed E-state index contributed by atoms with van der Waals surface area (Å²) in [6.07, 6.45) is 1.21. The van der Waals surface area contributed by atoms with Crippen molar-refractivity contribution in [2.45, 2.75) is 12.3 Å². The van der Waals surface area contributed by atoms with E-state index in [2.05, 4.69) is 5.32 Å². The zero-order valence-electron chi connectivity index (χ0n) is 16.6. The van der Waals surface area contributed by atoms with Crippen LogP contribution >= 0.6 is 0 Å². The van der Waals surface area contributed by atoms with Crippen molar-refractivity contribution >= 4 is 17.6 Å². The number of benzene rings is 2. The van der Waals surface area contributed by atoms with E-state index in [1.807, 2.05) is 0 Å². The largest absolute Gasteiger partial charge is 0.493 e. The molecule has 0 fully saturated rings. The molecule has 1 aliphatic rings. The minimum absolute atomic E-state index is 0.0304. The first kappa shape index (κ1) is 20.4. The molecule has 2 N–H and O–H groups in total. The molecule has 1 aromatic heterocycles. The number of anilines is 1. The van der Waals surface area contributed by atoms with Gasteiger partial charge in [0.1, 0.15) is 17.2 Å². The molecule has 9 heteroatoms. The number of hydrogen-bond donors (Lipinski definition) is 2. The van der Waals surface area contributed by atoms with Crippen LogP contribution in [0.15, 0.2) is 42.6 Å². The first-order valence-electron chi connectivity index (χ1n) is 9.29. The number of carboxylic acid groups (broad SMARTS) is 1. The van der Waals surface area contributed by atoms with E-state index < -0.39 is 29.4 Å². The summed E-state index contributed by atoms with van der Waals surface area (Å²) in [5.41, 5.74) is 0.909. The number of nitrogens with one attached hydrogen (secondary N) is 1. The number of ether oxygens (including phenoxy) is 2. The lowest BCUT2D eigenvalue weighted by atomic mass is 9.87. The number of fused-ring (bicyclic) bond motifs is 1. The zero-order chi connectivity index (χ0) is 22.3. The van der Waals surface area contributed by atoms with Gasteiger partial charge in [-0.05, 0) is 18.2 Å². The van der Waals surface area contributed by atoms with Gasteiger partial charge in [0.05, 0.1) is 31.3 Å². The van der Waals surface area contributed by atoms with E-state index in [1.165, 1.54) is 25.0 Å². The van der Waals surface area contributed by atoms with Crippen molar-refractivity contribution in [2.75, 3.05) is 19.5 Å². The number of rotatable bonds is 5. The van der Waals surface area contributed by atoms with E-state index >= 15 is 0 Å². The molecule has 160 valence electrons. The Hall–Kier alpha value is -3.88. The predicted octanol–water partition coefficient (Wildman–Crippen LogP) is 3.95. The number of carbonyl (C=O) groups excluding carboxylic acids is 1. The monoisotopic (exact) mass is 428 g/mol. The normalized spacial score (nSPS) is 15.2. The fourth-order valence-corrected chi connectivity index (χ4v) is 3.97. The van der Waals surface area contributed by atoms with Crippen LogP contribution in [0.25, 0.3) is 5.69 Å². The van der Waals surface area contributed by atoms with Gasteiger partial charge in [0.15, 0.2) is 11.5 Å². The number of para-hydroxylation sites is 1. The number of nitrogens with zero attached hydrogens (tertiary/aromatic N) is 1. The van der Waals surface area contributed by atoms with Crippen molar-refractivity contribution in [3.05, 3.63) is 71.1 Å². The Kier molecular flexibility index (Phi) is 5.10. The Labute approximate surface area is 175 Å². The molecule has 0 aliphatic carbocycles. The number of amides is 1. The van der Waals surface area contributed by atoms with Crippen molar-refractivity contribution in [3.8, 4) is 17.2 Å². The fourth-order valence-electron chi connectivity index (χ4n) is 3.97. The average molecular weight is 428 g/mol. The van der Waals surface area contributed by atoms with Crippen LogP contribution in [0.5, 0.6) is 11.5 Å². The third-order valence-corrected chi connectivity index (χ3v) is 5.19. The number of aromatic carboxylic acids is 1. The van der Waals surface area contributed by atoms with Crippen LogP contribution in [0.4, 0.5) is 14.5 Å². The van der Waals surface area contributed by atoms with Crippen molar-refractivity contribution in [2.24, 2.45) is 0 Å². The molecule has 0 saturated heterocycles. The summed E-state index contributed by atoms with van der Waals surface area (Å²) in [5, 5.41) is 12.3. The molecule has 1 atom stereocenters. The second-order valence-electron chi connectivity index (χ2n) is 6.99. The van der Waals surface area contributed by atoms with Crippen LogP contribution in [-0.4, -0.2) is 35.8 Å². The third-order valence-electron chi connectivity index (χ3n) is 5.19. The molecule has 2 heterocycles. The van der Waals surface area contributed by atoms with E-state index in [0.29, 0.717) is 22.8 Å². The summed E-state index contributed by atoms with van der Waals surface area (Å²) in [5.74, 6) is -3.16. The third kappa shape index (κ3) is 3.48. The van der Waals surface area contributed by atoms with Gasteiger partial charge in [0, 0.05) is 30.2 Å². The maximum absolute atomic E-state index is 13.9. The molecule has 3 aromatic rings. The van der Waals surface area contributed by atoms with Crippen molar-refractivity contribution in [1.82, 2.24) is 4.57 Å².